The third-order valence-corrected chi connectivity index (χ3v) is 3.76. The number of hydrogen-bond donors (Lipinski definition) is 2. The topological polar surface area (TPSA) is 50.4 Å². The fourth-order valence-corrected chi connectivity index (χ4v) is 2.54. The normalized spacial score (nSPS) is 16.9. The van der Waals surface area contributed by atoms with Gasteiger partial charge < -0.3 is 15.4 Å². The van der Waals surface area contributed by atoms with Gasteiger partial charge in [0.15, 0.2) is 0 Å². The number of unbranched alkanes of at least 4 members (excludes halogenated alkanes) is 1. The first-order valence-corrected chi connectivity index (χ1v) is 7.93. The van der Waals surface area contributed by atoms with Crippen LogP contribution in [0, 0.1) is 6.92 Å². The van der Waals surface area contributed by atoms with Crippen LogP contribution in [0.15, 0.2) is 24.3 Å². The van der Waals surface area contributed by atoms with Crippen LogP contribution in [0.5, 0.6) is 5.75 Å². The van der Waals surface area contributed by atoms with Gasteiger partial charge in [0.1, 0.15) is 5.75 Å². The molecule has 0 saturated carbocycles. The quantitative estimate of drug-likeness (QED) is 0.722. The highest BCUT2D eigenvalue weighted by molar-refractivity contribution is 5.85. The Morgan fingerprint density at radius 3 is 3.00 bits per heavy atom. The van der Waals surface area contributed by atoms with Gasteiger partial charge in [-0.25, -0.2) is 0 Å². The second-order valence-corrected chi connectivity index (χ2v) is 5.72. The molecule has 1 saturated heterocycles. The molecule has 1 aromatic carbocycles. The number of benzene rings is 1. The number of halogens is 1. The molecule has 1 unspecified atom stereocenters. The molecule has 0 aliphatic carbocycles. The summed E-state index contributed by atoms with van der Waals surface area (Å²) in [4.78, 5) is 11.7. The minimum absolute atomic E-state index is 0. The molecule has 1 amide bonds. The summed E-state index contributed by atoms with van der Waals surface area (Å²) in [7, 11) is 0. The molecular formula is C17H27ClN2O2. The molecule has 1 fully saturated rings. The van der Waals surface area contributed by atoms with E-state index >= 15 is 0 Å². The standard InChI is InChI=1S/C17H26N2O2.ClH/c1-14-6-4-8-16(12-14)21-11-3-2-9-17(20)19-13-15-7-5-10-18-15;/h4,6,8,12,15,18H,2-3,5,7,9-11,13H2,1H3,(H,19,20);1H. The first-order chi connectivity index (χ1) is 10.2. The van der Waals surface area contributed by atoms with Crippen LogP contribution in [0.25, 0.3) is 0 Å². The average Bonchev–Trinajstić information content (AvgIpc) is 2.98. The lowest BCUT2D eigenvalue weighted by Gasteiger charge is -2.11. The van der Waals surface area contributed by atoms with E-state index in [0.29, 0.717) is 19.1 Å². The molecule has 0 bridgehead atoms. The van der Waals surface area contributed by atoms with Crippen LogP contribution in [0.1, 0.15) is 37.7 Å². The van der Waals surface area contributed by atoms with Crippen molar-refractivity contribution in [2.75, 3.05) is 19.7 Å². The molecule has 1 aromatic rings. The summed E-state index contributed by atoms with van der Waals surface area (Å²) >= 11 is 0. The van der Waals surface area contributed by atoms with Crippen LogP contribution in [-0.4, -0.2) is 31.6 Å². The van der Waals surface area contributed by atoms with Gasteiger partial charge in [-0.3, -0.25) is 4.79 Å². The highest BCUT2D eigenvalue weighted by Crippen LogP contribution is 2.12. The molecule has 22 heavy (non-hydrogen) atoms. The molecule has 0 spiro atoms. The van der Waals surface area contributed by atoms with Crippen LogP contribution in [0.2, 0.25) is 0 Å². The summed E-state index contributed by atoms with van der Waals surface area (Å²) in [5.74, 6) is 1.06. The number of carbonyl (C=O) groups excluding carboxylic acids is 1. The molecule has 4 nitrogen and oxygen atoms in total. The lowest BCUT2D eigenvalue weighted by molar-refractivity contribution is -0.121. The van der Waals surface area contributed by atoms with Crippen LogP contribution in [0.4, 0.5) is 0 Å². The minimum Gasteiger partial charge on any atom is -0.494 e. The molecule has 1 aliphatic rings. The summed E-state index contributed by atoms with van der Waals surface area (Å²) in [6, 6.07) is 8.51. The zero-order chi connectivity index (χ0) is 14.9. The molecule has 2 rings (SSSR count). The van der Waals surface area contributed by atoms with Gasteiger partial charge in [0, 0.05) is 19.0 Å². The lowest BCUT2D eigenvalue weighted by atomic mass is 10.2. The zero-order valence-corrected chi connectivity index (χ0v) is 14.1. The van der Waals surface area contributed by atoms with Gasteiger partial charge in [-0.2, -0.15) is 0 Å². The molecule has 1 heterocycles. The first-order valence-electron chi connectivity index (χ1n) is 7.93. The number of carbonyl (C=O) groups is 1. The SMILES string of the molecule is Cc1cccc(OCCCCC(=O)NCC2CCCN2)c1.Cl. The molecule has 0 radical (unpaired) electrons. The maximum Gasteiger partial charge on any atom is 0.220 e. The minimum atomic E-state index is 0. The van der Waals surface area contributed by atoms with Gasteiger partial charge in [0.25, 0.3) is 0 Å². The van der Waals surface area contributed by atoms with E-state index in [2.05, 4.69) is 23.6 Å². The van der Waals surface area contributed by atoms with E-state index in [1.54, 1.807) is 0 Å². The van der Waals surface area contributed by atoms with Crippen molar-refractivity contribution in [1.82, 2.24) is 10.6 Å². The summed E-state index contributed by atoms with van der Waals surface area (Å²) in [6.07, 6.45) is 4.75. The maximum atomic E-state index is 11.7. The third kappa shape index (κ3) is 7.14. The van der Waals surface area contributed by atoms with E-state index in [1.165, 1.54) is 18.4 Å². The summed E-state index contributed by atoms with van der Waals surface area (Å²) in [5, 5.41) is 6.37. The predicted octanol–water partition coefficient (Wildman–Crippen LogP) is 2.83. The van der Waals surface area contributed by atoms with Crippen LogP contribution >= 0.6 is 12.4 Å². The summed E-state index contributed by atoms with van der Waals surface area (Å²) in [5.41, 5.74) is 1.20. The van der Waals surface area contributed by atoms with Crippen molar-refractivity contribution in [3.63, 3.8) is 0 Å². The smallest absolute Gasteiger partial charge is 0.220 e. The molecule has 2 N–H and O–H groups in total. The molecular weight excluding hydrogens is 300 g/mol. The molecule has 5 heteroatoms. The molecule has 0 aromatic heterocycles. The number of aryl methyl sites for hydroxylation is 1. The number of nitrogens with one attached hydrogen (secondary N) is 2. The molecule has 1 atom stereocenters. The van der Waals surface area contributed by atoms with Gasteiger partial charge >= 0.3 is 0 Å². The van der Waals surface area contributed by atoms with E-state index in [9.17, 15) is 4.79 Å². The van der Waals surface area contributed by atoms with Crippen molar-refractivity contribution in [2.45, 2.75) is 45.1 Å². The van der Waals surface area contributed by atoms with Crippen LogP contribution < -0.4 is 15.4 Å². The van der Waals surface area contributed by atoms with Crippen LogP contribution in [0.3, 0.4) is 0 Å². The van der Waals surface area contributed by atoms with Crippen molar-refractivity contribution >= 4 is 18.3 Å². The second kappa shape index (κ2) is 10.5. The van der Waals surface area contributed by atoms with E-state index in [0.717, 1.165) is 31.7 Å². The summed E-state index contributed by atoms with van der Waals surface area (Å²) in [6.45, 7) is 4.56. The Labute approximate surface area is 139 Å². The van der Waals surface area contributed by atoms with E-state index < -0.39 is 0 Å². The Balaban J connectivity index is 0.00000242. The van der Waals surface area contributed by atoms with Crippen molar-refractivity contribution in [2.24, 2.45) is 0 Å². The van der Waals surface area contributed by atoms with Crippen molar-refractivity contribution < 1.29 is 9.53 Å². The van der Waals surface area contributed by atoms with E-state index in [-0.39, 0.29) is 18.3 Å². The van der Waals surface area contributed by atoms with Gasteiger partial charge in [-0.15, -0.1) is 12.4 Å². The van der Waals surface area contributed by atoms with E-state index in [1.807, 2.05) is 18.2 Å². The van der Waals surface area contributed by atoms with Gasteiger partial charge in [0.05, 0.1) is 6.61 Å². The van der Waals surface area contributed by atoms with Crippen molar-refractivity contribution in [3.05, 3.63) is 29.8 Å². The van der Waals surface area contributed by atoms with Gasteiger partial charge in [-0.05, 0) is 56.8 Å². The largest absolute Gasteiger partial charge is 0.494 e. The fourth-order valence-electron chi connectivity index (χ4n) is 2.54. The monoisotopic (exact) mass is 326 g/mol. The van der Waals surface area contributed by atoms with Gasteiger partial charge in [-0.1, -0.05) is 12.1 Å². The highest BCUT2D eigenvalue weighted by Gasteiger charge is 2.14. The van der Waals surface area contributed by atoms with E-state index in [4.69, 9.17) is 4.74 Å². The Kier molecular flexibility index (Phi) is 8.94. The number of ether oxygens (including phenoxy) is 1. The molecule has 124 valence electrons. The predicted molar refractivity (Wildman–Crippen MR) is 91.8 cm³/mol. The average molecular weight is 327 g/mol. The second-order valence-electron chi connectivity index (χ2n) is 5.72. The Morgan fingerprint density at radius 1 is 1.41 bits per heavy atom. The van der Waals surface area contributed by atoms with Crippen LogP contribution in [-0.2, 0) is 4.79 Å². The number of amides is 1. The maximum absolute atomic E-state index is 11.7. The van der Waals surface area contributed by atoms with Crippen molar-refractivity contribution in [1.29, 1.82) is 0 Å². The fraction of sp³-hybridized carbons (Fsp3) is 0.588. The Morgan fingerprint density at radius 2 is 2.27 bits per heavy atom. The van der Waals surface area contributed by atoms with Gasteiger partial charge in [0.2, 0.25) is 5.91 Å². The zero-order valence-electron chi connectivity index (χ0n) is 13.3. The number of hydrogen-bond acceptors (Lipinski definition) is 3. The summed E-state index contributed by atoms with van der Waals surface area (Å²) < 4.78 is 5.67. The highest BCUT2D eigenvalue weighted by atomic mass is 35.5. The first kappa shape index (κ1) is 18.8. The lowest BCUT2D eigenvalue weighted by Crippen LogP contribution is -2.37. The van der Waals surface area contributed by atoms with Crippen molar-refractivity contribution in [3.8, 4) is 5.75 Å². The molecule has 1 aliphatic heterocycles. The Bertz CT molecular complexity index is 448. The Hall–Kier alpha value is -1.26. The third-order valence-electron chi connectivity index (χ3n) is 3.76. The number of rotatable bonds is 8.